The van der Waals surface area contributed by atoms with E-state index >= 15 is 0 Å². The Kier molecular flexibility index (Phi) is 5.26. The van der Waals surface area contributed by atoms with Crippen molar-refractivity contribution in [3.63, 3.8) is 0 Å². The molecule has 0 aliphatic heterocycles. The van der Waals surface area contributed by atoms with Crippen LogP contribution in [0.5, 0.6) is 5.75 Å². The number of hydrogen-bond donors (Lipinski definition) is 1. The van der Waals surface area contributed by atoms with Gasteiger partial charge in [0.25, 0.3) is 11.6 Å². The summed E-state index contributed by atoms with van der Waals surface area (Å²) in [7, 11) is 0. The Labute approximate surface area is 138 Å². The van der Waals surface area contributed by atoms with E-state index in [9.17, 15) is 19.7 Å². The third kappa shape index (κ3) is 3.95. The van der Waals surface area contributed by atoms with E-state index < -0.39 is 10.8 Å². The van der Waals surface area contributed by atoms with E-state index in [1.165, 1.54) is 6.07 Å². The summed E-state index contributed by atoms with van der Waals surface area (Å²) in [4.78, 5) is 33.5. The van der Waals surface area contributed by atoms with Crippen molar-refractivity contribution >= 4 is 23.6 Å². The summed E-state index contributed by atoms with van der Waals surface area (Å²) >= 11 is 0. The van der Waals surface area contributed by atoms with Crippen LogP contribution in [0.1, 0.15) is 21.5 Å². The fraction of sp³-hybridized carbons (Fsp3) is 0.176. The first-order valence-corrected chi connectivity index (χ1v) is 7.15. The normalized spacial score (nSPS) is 10.1. The lowest BCUT2D eigenvalue weighted by Gasteiger charge is -2.10. The molecule has 0 aliphatic rings. The lowest BCUT2D eigenvalue weighted by molar-refractivity contribution is -0.384. The van der Waals surface area contributed by atoms with Crippen LogP contribution in [0.2, 0.25) is 0 Å². The Morgan fingerprint density at radius 2 is 1.92 bits per heavy atom. The zero-order chi connectivity index (χ0) is 17.7. The molecule has 0 bridgehead atoms. The van der Waals surface area contributed by atoms with Crippen LogP contribution in [0.3, 0.4) is 0 Å². The fourth-order valence-corrected chi connectivity index (χ4v) is 2.09. The number of carbonyl (C=O) groups excluding carboxylic acids is 2. The summed E-state index contributed by atoms with van der Waals surface area (Å²) < 4.78 is 5.30. The number of ether oxygens (including phenoxy) is 1. The molecule has 1 amide bonds. The molecule has 0 aliphatic carbocycles. The van der Waals surface area contributed by atoms with E-state index in [-0.39, 0.29) is 23.7 Å². The summed E-state index contributed by atoms with van der Waals surface area (Å²) in [5, 5.41) is 13.6. The molecule has 124 valence electrons. The van der Waals surface area contributed by atoms with Gasteiger partial charge in [0, 0.05) is 6.07 Å². The van der Waals surface area contributed by atoms with Crippen LogP contribution in [-0.2, 0) is 4.79 Å². The molecule has 0 spiro atoms. The molecule has 1 N–H and O–H groups in total. The van der Waals surface area contributed by atoms with E-state index in [4.69, 9.17) is 4.74 Å². The maximum absolute atomic E-state index is 12.0. The predicted octanol–water partition coefficient (Wildman–Crippen LogP) is 3.04. The molecule has 0 fully saturated rings. The molecule has 2 rings (SSSR count). The van der Waals surface area contributed by atoms with Crippen molar-refractivity contribution in [2.24, 2.45) is 0 Å². The fourth-order valence-electron chi connectivity index (χ4n) is 2.09. The van der Waals surface area contributed by atoms with Gasteiger partial charge in [-0.05, 0) is 43.2 Å². The molecule has 0 aromatic heterocycles. The number of nitro groups is 1. The van der Waals surface area contributed by atoms with Crippen molar-refractivity contribution in [3.05, 3.63) is 63.2 Å². The first kappa shape index (κ1) is 17.1. The van der Waals surface area contributed by atoms with Gasteiger partial charge < -0.3 is 10.1 Å². The monoisotopic (exact) mass is 328 g/mol. The molecule has 2 aromatic rings. The number of hydrogen-bond acceptors (Lipinski definition) is 5. The van der Waals surface area contributed by atoms with Crippen LogP contribution in [0.4, 0.5) is 11.4 Å². The highest BCUT2D eigenvalue weighted by atomic mass is 16.6. The second kappa shape index (κ2) is 7.36. The maximum atomic E-state index is 12.0. The van der Waals surface area contributed by atoms with E-state index in [1.807, 2.05) is 0 Å². The SMILES string of the molecule is Cc1cc(NC(=O)COc2ccccc2C=O)c([N+](=O)[O-])cc1C. The molecule has 0 unspecified atom stereocenters. The molecule has 0 atom stereocenters. The van der Waals surface area contributed by atoms with Crippen molar-refractivity contribution in [1.29, 1.82) is 0 Å². The minimum absolute atomic E-state index is 0.111. The van der Waals surface area contributed by atoms with Crippen molar-refractivity contribution in [2.75, 3.05) is 11.9 Å². The van der Waals surface area contributed by atoms with Crippen molar-refractivity contribution < 1.29 is 19.2 Å². The molecule has 0 radical (unpaired) electrons. The molecule has 0 saturated carbocycles. The molecule has 2 aromatic carbocycles. The van der Waals surface area contributed by atoms with Crippen molar-refractivity contribution in [3.8, 4) is 5.75 Å². The predicted molar refractivity (Wildman–Crippen MR) is 88.5 cm³/mol. The number of para-hydroxylation sites is 1. The minimum atomic E-state index is -0.554. The molecule has 0 saturated heterocycles. The van der Waals surface area contributed by atoms with Gasteiger partial charge in [-0.3, -0.25) is 19.7 Å². The van der Waals surface area contributed by atoms with Gasteiger partial charge in [0.2, 0.25) is 0 Å². The summed E-state index contributed by atoms with van der Waals surface area (Å²) in [6, 6.07) is 9.44. The summed E-state index contributed by atoms with van der Waals surface area (Å²) in [6.07, 6.45) is 0.626. The van der Waals surface area contributed by atoms with E-state index in [0.29, 0.717) is 11.8 Å². The summed E-state index contributed by atoms with van der Waals surface area (Å²) in [6.45, 7) is 3.19. The van der Waals surface area contributed by atoms with E-state index in [1.54, 1.807) is 44.2 Å². The number of nitro benzene ring substituents is 1. The van der Waals surface area contributed by atoms with Gasteiger partial charge in [0.15, 0.2) is 12.9 Å². The number of benzene rings is 2. The topological polar surface area (TPSA) is 98.5 Å². The standard InChI is InChI=1S/C17H16N2O5/c1-11-7-14(15(19(22)23)8-12(11)2)18-17(21)10-24-16-6-4-3-5-13(16)9-20/h3-9H,10H2,1-2H3,(H,18,21). The number of nitrogens with one attached hydrogen (secondary N) is 1. The number of anilines is 1. The van der Waals surface area contributed by atoms with Gasteiger partial charge in [0.1, 0.15) is 11.4 Å². The van der Waals surface area contributed by atoms with Gasteiger partial charge in [-0.25, -0.2) is 0 Å². The molecular formula is C17H16N2O5. The van der Waals surface area contributed by atoms with E-state index in [0.717, 1.165) is 11.1 Å². The minimum Gasteiger partial charge on any atom is -0.483 e. The Morgan fingerprint density at radius 3 is 2.58 bits per heavy atom. The molecular weight excluding hydrogens is 312 g/mol. The second-order valence-corrected chi connectivity index (χ2v) is 5.20. The molecule has 0 heterocycles. The highest BCUT2D eigenvalue weighted by Crippen LogP contribution is 2.28. The lowest BCUT2D eigenvalue weighted by atomic mass is 10.1. The second-order valence-electron chi connectivity index (χ2n) is 5.20. The first-order chi connectivity index (χ1) is 11.4. The Hall–Kier alpha value is -3.22. The Balaban J connectivity index is 2.11. The quantitative estimate of drug-likeness (QED) is 0.499. The van der Waals surface area contributed by atoms with Crippen LogP contribution in [-0.4, -0.2) is 23.7 Å². The highest BCUT2D eigenvalue weighted by molar-refractivity contribution is 5.94. The maximum Gasteiger partial charge on any atom is 0.293 e. The van der Waals surface area contributed by atoms with Gasteiger partial charge in [0.05, 0.1) is 10.5 Å². The average molecular weight is 328 g/mol. The zero-order valence-corrected chi connectivity index (χ0v) is 13.2. The molecule has 7 heteroatoms. The van der Waals surface area contributed by atoms with Crippen LogP contribution in [0.25, 0.3) is 0 Å². The van der Waals surface area contributed by atoms with Gasteiger partial charge in [-0.15, -0.1) is 0 Å². The highest BCUT2D eigenvalue weighted by Gasteiger charge is 2.18. The lowest BCUT2D eigenvalue weighted by Crippen LogP contribution is -2.21. The number of amides is 1. The van der Waals surface area contributed by atoms with Crippen LogP contribution >= 0.6 is 0 Å². The van der Waals surface area contributed by atoms with Crippen LogP contribution in [0, 0.1) is 24.0 Å². The number of rotatable bonds is 6. The zero-order valence-electron chi connectivity index (χ0n) is 13.2. The van der Waals surface area contributed by atoms with Crippen molar-refractivity contribution in [1.82, 2.24) is 0 Å². The van der Waals surface area contributed by atoms with Gasteiger partial charge in [-0.1, -0.05) is 12.1 Å². The molecule has 24 heavy (non-hydrogen) atoms. The van der Waals surface area contributed by atoms with E-state index in [2.05, 4.69) is 5.32 Å². The Morgan fingerprint density at radius 1 is 1.25 bits per heavy atom. The van der Waals surface area contributed by atoms with Crippen LogP contribution in [0.15, 0.2) is 36.4 Å². The van der Waals surface area contributed by atoms with Crippen molar-refractivity contribution in [2.45, 2.75) is 13.8 Å². The van der Waals surface area contributed by atoms with Crippen LogP contribution < -0.4 is 10.1 Å². The largest absolute Gasteiger partial charge is 0.483 e. The van der Waals surface area contributed by atoms with Gasteiger partial charge >= 0.3 is 0 Å². The number of aryl methyl sites for hydroxylation is 2. The summed E-state index contributed by atoms with van der Waals surface area (Å²) in [5.41, 5.74) is 1.83. The van der Waals surface area contributed by atoms with Gasteiger partial charge in [-0.2, -0.15) is 0 Å². The average Bonchev–Trinajstić information content (AvgIpc) is 2.56. The molecule has 7 nitrogen and oxygen atoms in total. The first-order valence-electron chi connectivity index (χ1n) is 7.15. The summed E-state index contributed by atoms with van der Waals surface area (Å²) in [5.74, 6) is -0.278. The third-order valence-electron chi connectivity index (χ3n) is 3.49. The number of nitrogens with zero attached hydrogens (tertiary/aromatic N) is 1. The Bertz CT molecular complexity index is 802. The third-order valence-corrected chi connectivity index (χ3v) is 3.49. The number of aldehydes is 1. The smallest absolute Gasteiger partial charge is 0.293 e. The number of carbonyl (C=O) groups is 2.